The highest BCUT2D eigenvalue weighted by Crippen LogP contribution is 2.25. The molecule has 2 amide bonds. The molecule has 1 fully saturated rings. The zero-order valence-corrected chi connectivity index (χ0v) is 16.0. The first-order chi connectivity index (χ1) is 12.9. The normalized spacial score (nSPS) is 15.0. The van der Waals surface area contributed by atoms with Crippen LogP contribution in [0.4, 0.5) is 4.39 Å². The summed E-state index contributed by atoms with van der Waals surface area (Å²) in [6.45, 7) is 7.05. The van der Waals surface area contributed by atoms with Gasteiger partial charge in [0.25, 0.3) is 5.91 Å². The highest BCUT2D eigenvalue weighted by atomic mass is 19.1. The van der Waals surface area contributed by atoms with Crippen LogP contribution in [-0.4, -0.2) is 29.8 Å². The van der Waals surface area contributed by atoms with Gasteiger partial charge in [0, 0.05) is 31.1 Å². The summed E-state index contributed by atoms with van der Waals surface area (Å²) in [4.78, 5) is 27.0. The predicted molar refractivity (Wildman–Crippen MR) is 99.8 cm³/mol. The summed E-state index contributed by atoms with van der Waals surface area (Å²) in [7, 11) is 0. The first-order valence-electron chi connectivity index (χ1n) is 9.25. The van der Waals surface area contributed by atoms with Gasteiger partial charge < -0.3 is 14.6 Å². The van der Waals surface area contributed by atoms with Crippen LogP contribution in [0.25, 0.3) is 0 Å². The summed E-state index contributed by atoms with van der Waals surface area (Å²) in [5.41, 5.74) is 2.39. The van der Waals surface area contributed by atoms with Crippen LogP contribution in [0.5, 0.6) is 0 Å². The van der Waals surface area contributed by atoms with E-state index in [1.54, 1.807) is 17.0 Å². The second-order valence-electron chi connectivity index (χ2n) is 7.13. The zero-order valence-electron chi connectivity index (χ0n) is 16.0. The summed E-state index contributed by atoms with van der Waals surface area (Å²) in [5.74, 6) is 0.980. The SMILES string of the molecule is Cc1oc(C)c(C(=O)N2CCC(C(=O)NCc3ccc(F)cc3)CC2)c1C. The molecule has 0 atom stereocenters. The number of carbonyl (C=O) groups is 2. The number of rotatable bonds is 4. The first kappa shape index (κ1) is 19.1. The van der Waals surface area contributed by atoms with E-state index in [2.05, 4.69) is 5.32 Å². The van der Waals surface area contributed by atoms with Crippen molar-refractivity contribution >= 4 is 11.8 Å². The molecule has 2 aromatic rings. The number of aryl methyl sites for hydroxylation is 2. The van der Waals surface area contributed by atoms with Crippen molar-refractivity contribution in [2.45, 2.75) is 40.2 Å². The maximum Gasteiger partial charge on any atom is 0.257 e. The molecule has 1 N–H and O–H groups in total. The number of amides is 2. The lowest BCUT2D eigenvalue weighted by Crippen LogP contribution is -2.43. The standard InChI is InChI=1S/C21H25FN2O3/c1-13-14(2)27-15(3)19(13)21(26)24-10-8-17(9-11-24)20(25)23-12-16-4-6-18(22)7-5-16/h4-7,17H,8-12H2,1-3H3,(H,23,25). The van der Waals surface area contributed by atoms with Crippen molar-refractivity contribution in [2.24, 2.45) is 5.92 Å². The van der Waals surface area contributed by atoms with Gasteiger partial charge >= 0.3 is 0 Å². The Balaban J connectivity index is 1.53. The van der Waals surface area contributed by atoms with Crippen LogP contribution in [0, 0.1) is 32.5 Å². The number of nitrogens with one attached hydrogen (secondary N) is 1. The molecule has 1 aliphatic heterocycles. The average Bonchev–Trinajstić information content (AvgIpc) is 2.92. The molecule has 6 heteroatoms. The Morgan fingerprint density at radius 3 is 2.30 bits per heavy atom. The fraction of sp³-hybridized carbons (Fsp3) is 0.429. The van der Waals surface area contributed by atoms with Crippen LogP contribution in [0.3, 0.4) is 0 Å². The molecular weight excluding hydrogens is 347 g/mol. The fourth-order valence-corrected chi connectivity index (χ4v) is 3.55. The number of benzene rings is 1. The quantitative estimate of drug-likeness (QED) is 0.893. The molecule has 144 valence electrons. The molecule has 0 saturated carbocycles. The van der Waals surface area contributed by atoms with E-state index in [0.717, 1.165) is 16.9 Å². The zero-order chi connectivity index (χ0) is 19.6. The molecule has 0 bridgehead atoms. The Bertz CT molecular complexity index is 834. The van der Waals surface area contributed by atoms with Gasteiger partial charge in [-0.25, -0.2) is 4.39 Å². The fourth-order valence-electron chi connectivity index (χ4n) is 3.55. The summed E-state index contributed by atoms with van der Waals surface area (Å²) < 4.78 is 18.5. The van der Waals surface area contributed by atoms with Crippen molar-refractivity contribution in [2.75, 3.05) is 13.1 Å². The summed E-state index contributed by atoms with van der Waals surface area (Å²) in [5, 5.41) is 2.91. The molecule has 3 rings (SSSR count). The number of piperidine rings is 1. The number of carbonyl (C=O) groups excluding carboxylic acids is 2. The van der Waals surface area contributed by atoms with E-state index in [1.165, 1.54) is 12.1 Å². The smallest absolute Gasteiger partial charge is 0.257 e. The van der Waals surface area contributed by atoms with E-state index >= 15 is 0 Å². The van der Waals surface area contributed by atoms with Gasteiger partial charge in [-0.15, -0.1) is 0 Å². The lowest BCUT2D eigenvalue weighted by atomic mass is 9.95. The largest absolute Gasteiger partial charge is 0.466 e. The van der Waals surface area contributed by atoms with Crippen LogP contribution in [0.2, 0.25) is 0 Å². The molecule has 1 aliphatic rings. The van der Waals surface area contributed by atoms with E-state index in [9.17, 15) is 14.0 Å². The third-order valence-corrected chi connectivity index (χ3v) is 5.31. The Morgan fingerprint density at radius 1 is 1.11 bits per heavy atom. The molecule has 0 radical (unpaired) electrons. The monoisotopic (exact) mass is 372 g/mol. The van der Waals surface area contributed by atoms with E-state index in [0.29, 0.717) is 43.8 Å². The second kappa shape index (κ2) is 7.94. The molecule has 2 heterocycles. The maximum absolute atomic E-state index is 12.9. The van der Waals surface area contributed by atoms with Crippen molar-refractivity contribution in [3.05, 3.63) is 58.3 Å². The topological polar surface area (TPSA) is 62.6 Å². The lowest BCUT2D eigenvalue weighted by molar-refractivity contribution is -0.126. The molecule has 1 saturated heterocycles. The molecule has 1 aromatic carbocycles. The minimum absolute atomic E-state index is 0.0158. The van der Waals surface area contributed by atoms with Crippen LogP contribution in [0.15, 0.2) is 28.7 Å². The van der Waals surface area contributed by atoms with Crippen LogP contribution in [-0.2, 0) is 11.3 Å². The van der Waals surface area contributed by atoms with Gasteiger partial charge in [0.15, 0.2) is 0 Å². The number of nitrogens with zero attached hydrogens (tertiary/aromatic N) is 1. The maximum atomic E-state index is 12.9. The van der Waals surface area contributed by atoms with Gasteiger partial charge in [-0.1, -0.05) is 12.1 Å². The molecule has 0 spiro atoms. The highest BCUT2D eigenvalue weighted by Gasteiger charge is 2.30. The summed E-state index contributed by atoms with van der Waals surface area (Å²) >= 11 is 0. The van der Waals surface area contributed by atoms with E-state index in [1.807, 2.05) is 20.8 Å². The van der Waals surface area contributed by atoms with E-state index in [-0.39, 0.29) is 23.5 Å². The summed E-state index contributed by atoms with van der Waals surface area (Å²) in [6, 6.07) is 6.09. The Morgan fingerprint density at radius 2 is 1.74 bits per heavy atom. The molecule has 1 aromatic heterocycles. The number of furan rings is 1. The van der Waals surface area contributed by atoms with Gasteiger partial charge in [-0.05, 0) is 51.3 Å². The Hall–Kier alpha value is -2.63. The number of hydrogen-bond donors (Lipinski definition) is 1. The Kier molecular flexibility index (Phi) is 5.63. The van der Waals surface area contributed by atoms with Gasteiger partial charge in [0.2, 0.25) is 5.91 Å². The lowest BCUT2D eigenvalue weighted by Gasteiger charge is -2.31. The van der Waals surface area contributed by atoms with Crippen molar-refractivity contribution < 1.29 is 18.4 Å². The van der Waals surface area contributed by atoms with Crippen molar-refractivity contribution in [1.29, 1.82) is 0 Å². The number of hydrogen-bond acceptors (Lipinski definition) is 3. The number of halogens is 1. The van der Waals surface area contributed by atoms with Gasteiger partial charge in [0.1, 0.15) is 17.3 Å². The van der Waals surface area contributed by atoms with E-state index < -0.39 is 0 Å². The minimum atomic E-state index is -0.291. The molecule has 5 nitrogen and oxygen atoms in total. The van der Waals surface area contributed by atoms with Gasteiger partial charge in [0.05, 0.1) is 5.56 Å². The van der Waals surface area contributed by atoms with Gasteiger partial charge in [-0.2, -0.15) is 0 Å². The van der Waals surface area contributed by atoms with Crippen molar-refractivity contribution in [3.8, 4) is 0 Å². The van der Waals surface area contributed by atoms with Gasteiger partial charge in [-0.3, -0.25) is 9.59 Å². The average molecular weight is 372 g/mol. The third-order valence-electron chi connectivity index (χ3n) is 5.31. The van der Waals surface area contributed by atoms with Crippen LogP contribution in [0.1, 0.15) is 45.8 Å². The van der Waals surface area contributed by atoms with Crippen molar-refractivity contribution in [1.82, 2.24) is 10.2 Å². The third kappa shape index (κ3) is 4.21. The van der Waals surface area contributed by atoms with Crippen LogP contribution >= 0.6 is 0 Å². The highest BCUT2D eigenvalue weighted by molar-refractivity contribution is 5.97. The molecule has 27 heavy (non-hydrogen) atoms. The van der Waals surface area contributed by atoms with E-state index in [4.69, 9.17) is 4.42 Å². The second-order valence-corrected chi connectivity index (χ2v) is 7.13. The number of likely N-dealkylation sites (tertiary alicyclic amines) is 1. The minimum Gasteiger partial charge on any atom is -0.466 e. The van der Waals surface area contributed by atoms with Crippen LogP contribution < -0.4 is 5.32 Å². The first-order valence-corrected chi connectivity index (χ1v) is 9.25. The molecule has 0 unspecified atom stereocenters. The molecular formula is C21H25FN2O3. The predicted octanol–water partition coefficient (Wildman–Crippen LogP) is 3.51. The molecule has 0 aliphatic carbocycles. The summed E-state index contributed by atoms with van der Waals surface area (Å²) in [6.07, 6.45) is 1.27. The Labute approximate surface area is 158 Å². The van der Waals surface area contributed by atoms with Crippen molar-refractivity contribution in [3.63, 3.8) is 0 Å².